The smallest absolute Gasteiger partial charge is 0.221 e. The molecule has 176 valence electrons. The first-order chi connectivity index (χ1) is 14.7. The molecule has 3 N–H and O–H groups in total. The molecular weight excluding hydrogens is 509 g/mol. The molecule has 8 nitrogen and oxygen atoms in total. The van der Waals surface area contributed by atoms with E-state index in [1.54, 1.807) is 7.11 Å². The number of carbonyl (C=O) groups excluding carboxylic acids is 1. The van der Waals surface area contributed by atoms with E-state index in [-0.39, 0.29) is 35.9 Å². The van der Waals surface area contributed by atoms with Crippen molar-refractivity contribution in [3.8, 4) is 5.75 Å². The van der Waals surface area contributed by atoms with Gasteiger partial charge in [0.05, 0.1) is 32.9 Å². The molecule has 0 aromatic heterocycles. The lowest BCUT2D eigenvalue weighted by molar-refractivity contribution is -0.120. The number of aliphatic imine (C=N–C) groups is 1. The molecule has 1 atom stereocenters. The second-order valence-electron chi connectivity index (χ2n) is 7.18. The second-order valence-corrected chi connectivity index (χ2v) is 7.18. The van der Waals surface area contributed by atoms with Crippen LogP contribution in [0.25, 0.3) is 0 Å². The van der Waals surface area contributed by atoms with Gasteiger partial charge < -0.3 is 25.4 Å². The Labute approximate surface area is 203 Å². The molecule has 1 aliphatic rings. The van der Waals surface area contributed by atoms with E-state index in [0.29, 0.717) is 19.5 Å². The maximum atomic E-state index is 11.8. The lowest BCUT2D eigenvalue weighted by Gasteiger charge is -2.34. The molecule has 31 heavy (non-hydrogen) atoms. The Morgan fingerprint density at radius 2 is 1.84 bits per heavy atom. The Bertz CT molecular complexity index is 651. The SMILES string of the molecule is CCCNC(=O)CCNC(=NCC(c1ccc(OC)cc1)N1CCOCC1)NCC.I. The van der Waals surface area contributed by atoms with Crippen molar-refractivity contribution in [2.45, 2.75) is 32.7 Å². The summed E-state index contributed by atoms with van der Waals surface area (Å²) >= 11 is 0. The second kappa shape index (κ2) is 16.1. The van der Waals surface area contributed by atoms with Gasteiger partial charge in [0.25, 0.3) is 0 Å². The van der Waals surface area contributed by atoms with Gasteiger partial charge in [-0.25, -0.2) is 0 Å². The van der Waals surface area contributed by atoms with Gasteiger partial charge in [-0.3, -0.25) is 14.7 Å². The monoisotopic (exact) mass is 547 g/mol. The Morgan fingerprint density at radius 3 is 2.45 bits per heavy atom. The third-order valence-corrected chi connectivity index (χ3v) is 4.97. The molecule has 1 unspecified atom stereocenters. The first-order valence-electron chi connectivity index (χ1n) is 10.9. The zero-order valence-corrected chi connectivity index (χ0v) is 21.3. The third kappa shape index (κ3) is 10.0. The minimum absolute atomic E-state index is 0. The highest BCUT2D eigenvalue weighted by Gasteiger charge is 2.22. The van der Waals surface area contributed by atoms with Crippen LogP contribution in [0.1, 0.15) is 38.3 Å². The van der Waals surface area contributed by atoms with Gasteiger partial charge in [-0.15, -0.1) is 24.0 Å². The number of carbonyl (C=O) groups is 1. The average molecular weight is 547 g/mol. The summed E-state index contributed by atoms with van der Waals surface area (Å²) in [4.78, 5) is 19.0. The standard InChI is InChI=1S/C22H37N5O3.HI/c1-4-11-24-21(28)10-12-25-22(23-5-2)26-17-20(27-13-15-30-16-14-27)18-6-8-19(29-3)9-7-18;/h6-9,20H,4-5,10-17H2,1-3H3,(H,24,28)(H2,23,25,26);1H. The molecule has 1 amide bonds. The van der Waals surface area contributed by atoms with E-state index in [4.69, 9.17) is 14.5 Å². The fourth-order valence-electron chi connectivity index (χ4n) is 3.31. The van der Waals surface area contributed by atoms with E-state index in [1.807, 2.05) is 26.0 Å². The van der Waals surface area contributed by atoms with Crippen LogP contribution in [0.15, 0.2) is 29.3 Å². The first kappa shape index (κ1) is 27.4. The zero-order valence-electron chi connectivity index (χ0n) is 19.0. The van der Waals surface area contributed by atoms with Gasteiger partial charge in [0.15, 0.2) is 5.96 Å². The number of nitrogens with zero attached hydrogens (tertiary/aromatic N) is 2. The van der Waals surface area contributed by atoms with Crippen LogP contribution in [0.5, 0.6) is 5.75 Å². The van der Waals surface area contributed by atoms with Crippen LogP contribution in [-0.2, 0) is 9.53 Å². The number of hydrogen-bond donors (Lipinski definition) is 3. The van der Waals surface area contributed by atoms with Crippen LogP contribution >= 0.6 is 24.0 Å². The van der Waals surface area contributed by atoms with Gasteiger partial charge in [-0.2, -0.15) is 0 Å². The molecule has 9 heteroatoms. The summed E-state index contributed by atoms with van der Waals surface area (Å²) < 4.78 is 10.8. The summed E-state index contributed by atoms with van der Waals surface area (Å²) in [6, 6.07) is 8.35. The number of rotatable bonds is 11. The molecule has 1 aliphatic heterocycles. The summed E-state index contributed by atoms with van der Waals surface area (Å²) in [7, 11) is 1.68. The number of halogens is 1. The minimum atomic E-state index is 0. The lowest BCUT2D eigenvalue weighted by Crippen LogP contribution is -2.42. The van der Waals surface area contributed by atoms with E-state index in [1.165, 1.54) is 5.56 Å². The molecule has 0 radical (unpaired) electrons. The molecule has 0 aliphatic carbocycles. The normalized spacial score (nSPS) is 15.5. The van der Waals surface area contributed by atoms with Gasteiger partial charge >= 0.3 is 0 Å². The van der Waals surface area contributed by atoms with Gasteiger partial charge in [0.2, 0.25) is 5.91 Å². The van der Waals surface area contributed by atoms with Gasteiger partial charge in [-0.1, -0.05) is 19.1 Å². The summed E-state index contributed by atoms with van der Waals surface area (Å²) in [5, 5.41) is 9.44. The fourth-order valence-corrected chi connectivity index (χ4v) is 3.31. The van der Waals surface area contributed by atoms with Crippen molar-refractivity contribution in [2.75, 3.05) is 59.6 Å². The van der Waals surface area contributed by atoms with Crippen molar-refractivity contribution < 1.29 is 14.3 Å². The average Bonchev–Trinajstić information content (AvgIpc) is 2.79. The van der Waals surface area contributed by atoms with E-state index in [9.17, 15) is 4.79 Å². The molecule has 0 bridgehead atoms. The van der Waals surface area contributed by atoms with E-state index in [2.05, 4.69) is 33.0 Å². The maximum Gasteiger partial charge on any atom is 0.221 e. The molecule has 1 fully saturated rings. The van der Waals surface area contributed by atoms with Crippen LogP contribution in [0, 0.1) is 0 Å². The number of benzene rings is 1. The van der Waals surface area contributed by atoms with Crippen LogP contribution in [0.4, 0.5) is 0 Å². The quantitative estimate of drug-likeness (QED) is 0.224. The molecule has 2 rings (SSSR count). The molecular formula is C22H38IN5O3. The Morgan fingerprint density at radius 1 is 1.13 bits per heavy atom. The van der Waals surface area contributed by atoms with Crippen molar-refractivity contribution in [2.24, 2.45) is 4.99 Å². The van der Waals surface area contributed by atoms with Gasteiger partial charge in [0, 0.05) is 39.1 Å². The third-order valence-electron chi connectivity index (χ3n) is 4.97. The molecule has 0 saturated carbocycles. The number of hydrogen-bond acceptors (Lipinski definition) is 5. The maximum absolute atomic E-state index is 11.8. The van der Waals surface area contributed by atoms with Crippen LogP contribution < -0.4 is 20.7 Å². The topological polar surface area (TPSA) is 87.2 Å². The highest BCUT2D eigenvalue weighted by Crippen LogP contribution is 2.24. The Balaban J connectivity index is 0.00000480. The summed E-state index contributed by atoms with van der Waals surface area (Å²) in [6.07, 6.45) is 1.37. The lowest BCUT2D eigenvalue weighted by atomic mass is 10.0. The van der Waals surface area contributed by atoms with Crippen molar-refractivity contribution in [1.82, 2.24) is 20.9 Å². The van der Waals surface area contributed by atoms with Crippen molar-refractivity contribution in [1.29, 1.82) is 0 Å². The van der Waals surface area contributed by atoms with Crippen LogP contribution in [0.2, 0.25) is 0 Å². The summed E-state index contributed by atoms with van der Waals surface area (Å²) in [5.74, 6) is 1.64. The van der Waals surface area contributed by atoms with Gasteiger partial charge in [-0.05, 0) is 31.0 Å². The van der Waals surface area contributed by atoms with Crippen molar-refractivity contribution >= 4 is 35.8 Å². The highest BCUT2D eigenvalue weighted by molar-refractivity contribution is 14.0. The number of amides is 1. The van der Waals surface area contributed by atoms with Crippen LogP contribution in [0.3, 0.4) is 0 Å². The Kier molecular flexibility index (Phi) is 14.3. The van der Waals surface area contributed by atoms with Gasteiger partial charge in [0.1, 0.15) is 5.75 Å². The van der Waals surface area contributed by atoms with E-state index >= 15 is 0 Å². The number of methoxy groups -OCH3 is 1. The zero-order chi connectivity index (χ0) is 21.6. The highest BCUT2D eigenvalue weighted by atomic mass is 127. The summed E-state index contributed by atoms with van der Waals surface area (Å²) in [6.45, 7) is 9.96. The predicted octanol–water partition coefficient (Wildman–Crippen LogP) is 2.16. The first-order valence-corrected chi connectivity index (χ1v) is 10.9. The molecule has 1 saturated heterocycles. The van der Waals surface area contributed by atoms with Crippen molar-refractivity contribution in [3.63, 3.8) is 0 Å². The van der Waals surface area contributed by atoms with E-state index in [0.717, 1.165) is 57.5 Å². The summed E-state index contributed by atoms with van der Waals surface area (Å²) in [5.41, 5.74) is 1.20. The largest absolute Gasteiger partial charge is 0.497 e. The fraction of sp³-hybridized carbons (Fsp3) is 0.636. The molecule has 1 aromatic rings. The predicted molar refractivity (Wildman–Crippen MR) is 135 cm³/mol. The number of nitrogens with one attached hydrogen (secondary N) is 3. The van der Waals surface area contributed by atoms with E-state index < -0.39 is 0 Å². The molecule has 1 aromatic carbocycles. The minimum Gasteiger partial charge on any atom is -0.497 e. The van der Waals surface area contributed by atoms with Crippen molar-refractivity contribution in [3.05, 3.63) is 29.8 Å². The number of guanidine groups is 1. The molecule has 0 spiro atoms. The molecule has 1 heterocycles. The van der Waals surface area contributed by atoms with Crippen LogP contribution in [-0.4, -0.2) is 76.4 Å². The number of ether oxygens (including phenoxy) is 2. The Hall–Kier alpha value is -1.59. The number of morpholine rings is 1.